The molecule has 0 aliphatic carbocycles. The van der Waals surface area contributed by atoms with Crippen molar-refractivity contribution in [3.8, 4) is 0 Å². The van der Waals surface area contributed by atoms with Gasteiger partial charge in [0.25, 0.3) is 0 Å². The maximum Gasteiger partial charge on any atom is 0.191 e. The minimum Gasteiger partial charge on any atom is -0.357 e. The highest BCUT2D eigenvalue weighted by Crippen LogP contribution is 2.18. The van der Waals surface area contributed by atoms with Crippen molar-refractivity contribution in [1.82, 2.24) is 20.5 Å². The van der Waals surface area contributed by atoms with Gasteiger partial charge in [0.15, 0.2) is 5.96 Å². The fraction of sp³-hybridized carbons (Fsp3) is 0.739. The Bertz CT molecular complexity index is 599. The lowest BCUT2D eigenvalue weighted by Gasteiger charge is -2.27. The molecule has 2 rings (SSSR count). The summed E-state index contributed by atoms with van der Waals surface area (Å²) >= 11 is 0. The van der Waals surface area contributed by atoms with Gasteiger partial charge in [0.1, 0.15) is 5.82 Å². The summed E-state index contributed by atoms with van der Waals surface area (Å²) in [6.07, 6.45) is 8.15. The number of nitrogens with zero attached hydrogens (tertiary/aromatic N) is 4. The number of anilines is 1. The largest absolute Gasteiger partial charge is 0.357 e. The first kappa shape index (κ1) is 26.9. The lowest BCUT2D eigenvalue weighted by atomic mass is 10.1. The second-order valence-electron chi connectivity index (χ2n) is 7.98. The number of halogens is 1. The van der Waals surface area contributed by atoms with E-state index in [0.717, 1.165) is 50.9 Å². The third kappa shape index (κ3) is 9.81. The third-order valence-corrected chi connectivity index (χ3v) is 5.64. The van der Waals surface area contributed by atoms with Gasteiger partial charge in [0.2, 0.25) is 0 Å². The number of rotatable bonds is 11. The molecule has 1 unspecified atom stereocenters. The van der Waals surface area contributed by atoms with Crippen molar-refractivity contribution in [2.45, 2.75) is 72.4 Å². The first-order valence-corrected chi connectivity index (χ1v) is 11.6. The molecule has 1 saturated heterocycles. The van der Waals surface area contributed by atoms with Crippen LogP contribution in [0.25, 0.3) is 0 Å². The molecule has 1 aromatic rings. The molecule has 172 valence electrons. The van der Waals surface area contributed by atoms with E-state index in [2.05, 4.69) is 65.2 Å². The zero-order valence-corrected chi connectivity index (χ0v) is 21.8. The lowest BCUT2D eigenvalue weighted by Crippen LogP contribution is -2.42. The number of aliphatic imine (C=N–C) groups is 1. The van der Waals surface area contributed by atoms with E-state index < -0.39 is 0 Å². The molecule has 7 heteroatoms. The molecular formula is C23H43IN6. The summed E-state index contributed by atoms with van der Waals surface area (Å²) in [7, 11) is 0. The van der Waals surface area contributed by atoms with Crippen molar-refractivity contribution >= 4 is 35.8 Å². The molecule has 1 atom stereocenters. The van der Waals surface area contributed by atoms with E-state index in [1.165, 1.54) is 37.8 Å². The van der Waals surface area contributed by atoms with Crippen LogP contribution >= 0.6 is 24.0 Å². The van der Waals surface area contributed by atoms with Gasteiger partial charge in [0.05, 0.1) is 6.54 Å². The Morgan fingerprint density at radius 2 is 1.93 bits per heavy atom. The summed E-state index contributed by atoms with van der Waals surface area (Å²) in [5.74, 6) is 2.00. The first-order valence-electron chi connectivity index (χ1n) is 11.6. The monoisotopic (exact) mass is 530 g/mol. The zero-order chi connectivity index (χ0) is 20.9. The Morgan fingerprint density at radius 3 is 2.60 bits per heavy atom. The molecule has 1 aliphatic rings. The van der Waals surface area contributed by atoms with Gasteiger partial charge in [-0.3, -0.25) is 0 Å². The number of guanidine groups is 1. The maximum atomic E-state index is 4.82. The van der Waals surface area contributed by atoms with Crippen LogP contribution in [-0.2, 0) is 6.54 Å². The Labute approximate surface area is 201 Å². The normalized spacial score (nSPS) is 15.6. The topological polar surface area (TPSA) is 55.8 Å². The summed E-state index contributed by atoms with van der Waals surface area (Å²) in [6, 6.07) is 4.68. The van der Waals surface area contributed by atoms with E-state index in [1.54, 1.807) is 0 Å². The third-order valence-electron chi connectivity index (χ3n) is 5.64. The van der Waals surface area contributed by atoms with E-state index in [1.807, 2.05) is 6.20 Å². The van der Waals surface area contributed by atoms with E-state index in [9.17, 15) is 0 Å². The molecular weight excluding hydrogens is 487 g/mol. The van der Waals surface area contributed by atoms with Crippen LogP contribution in [0.4, 0.5) is 5.82 Å². The number of aromatic nitrogens is 1. The minimum absolute atomic E-state index is 0. The first-order chi connectivity index (χ1) is 14.2. The summed E-state index contributed by atoms with van der Waals surface area (Å²) in [4.78, 5) is 14.3. The van der Waals surface area contributed by atoms with Crippen LogP contribution in [0.15, 0.2) is 23.3 Å². The Balaban J connectivity index is 0.00000450. The highest BCUT2D eigenvalue weighted by atomic mass is 127. The molecule has 2 N–H and O–H groups in total. The fourth-order valence-electron chi connectivity index (χ4n) is 3.81. The molecule has 1 aliphatic heterocycles. The van der Waals surface area contributed by atoms with Crippen LogP contribution in [0, 0.1) is 0 Å². The van der Waals surface area contributed by atoms with Crippen molar-refractivity contribution in [3.63, 3.8) is 0 Å². The summed E-state index contributed by atoms with van der Waals surface area (Å²) in [5.41, 5.74) is 1.21. The molecule has 2 heterocycles. The van der Waals surface area contributed by atoms with Gasteiger partial charge in [-0.05, 0) is 83.3 Å². The van der Waals surface area contributed by atoms with Crippen LogP contribution < -0.4 is 15.5 Å². The Hall–Kier alpha value is -1.09. The van der Waals surface area contributed by atoms with Crippen molar-refractivity contribution < 1.29 is 0 Å². The number of hydrogen-bond acceptors (Lipinski definition) is 4. The smallest absolute Gasteiger partial charge is 0.191 e. The fourth-order valence-corrected chi connectivity index (χ4v) is 3.81. The van der Waals surface area contributed by atoms with E-state index in [4.69, 9.17) is 4.99 Å². The predicted octanol–water partition coefficient (Wildman–Crippen LogP) is 4.26. The highest BCUT2D eigenvalue weighted by molar-refractivity contribution is 14.0. The van der Waals surface area contributed by atoms with Gasteiger partial charge in [-0.25, -0.2) is 9.98 Å². The Kier molecular flexibility index (Phi) is 14.1. The van der Waals surface area contributed by atoms with Crippen molar-refractivity contribution in [1.29, 1.82) is 0 Å². The van der Waals surface area contributed by atoms with Gasteiger partial charge in [0, 0.05) is 31.9 Å². The molecule has 0 bridgehead atoms. The van der Waals surface area contributed by atoms with Crippen LogP contribution in [-0.4, -0.2) is 61.2 Å². The van der Waals surface area contributed by atoms with E-state index >= 15 is 0 Å². The molecule has 0 radical (unpaired) electrons. The Morgan fingerprint density at radius 1 is 1.20 bits per heavy atom. The standard InChI is InChI=1S/C23H42N6.HI/c1-5-24-23(27-20(4)12-11-15-28(6-2)7-3)26-19-21-13-14-25-22(18-21)29-16-9-8-10-17-29;/h13-14,18,20H,5-12,15-17,19H2,1-4H3,(H2,24,26,27);1H. The summed E-state index contributed by atoms with van der Waals surface area (Å²) in [5, 5.41) is 6.96. The predicted molar refractivity (Wildman–Crippen MR) is 140 cm³/mol. The molecule has 1 fully saturated rings. The van der Waals surface area contributed by atoms with Crippen LogP contribution in [0.3, 0.4) is 0 Å². The van der Waals surface area contributed by atoms with Gasteiger partial charge in [-0.15, -0.1) is 24.0 Å². The lowest BCUT2D eigenvalue weighted by molar-refractivity contribution is 0.292. The highest BCUT2D eigenvalue weighted by Gasteiger charge is 2.12. The van der Waals surface area contributed by atoms with Gasteiger partial charge < -0.3 is 20.4 Å². The summed E-state index contributed by atoms with van der Waals surface area (Å²) in [6.45, 7) is 16.0. The molecule has 1 aromatic heterocycles. The van der Waals surface area contributed by atoms with Crippen molar-refractivity contribution in [2.24, 2.45) is 4.99 Å². The van der Waals surface area contributed by atoms with Crippen molar-refractivity contribution in [2.75, 3.05) is 44.2 Å². The minimum atomic E-state index is 0. The van der Waals surface area contributed by atoms with Crippen LogP contribution in [0.5, 0.6) is 0 Å². The second-order valence-corrected chi connectivity index (χ2v) is 7.98. The van der Waals surface area contributed by atoms with Gasteiger partial charge in [-0.1, -0.05) is 13.8 Å². The summed E-state index contributed by atoms with van der Waals surface area (Å²) < 4.78 is 0. The molecule has 0 amide bonds. The SMILES string of the molecule is CCNC(=NCc1ccnc(N2CCCCC2)c1)NC(C)CCCN(CC)CC.I. The molecule has 0 saturated carbocycles. The number of nitrogens with one attached hydrogen (secondary N) is 2. The number of pyridine rings is 1. The van der Waals surface area contributed by atoms with Crippen molar-refractivity contribution in [3.05, 3.63) is 23.9 Å². The molecule has 6 nitrogen and oxygen atoms in total. The van der Waals surface area contributed by atoms with Gasteiger partial charge >= 0.3 is 0 Å². The quantitative estimate of drug-likeness (QED) is 0.255. The zero-order valence-electron chi connectivity index (χ0n) is 19.5. The second kappa shape index (κ2) is 15.7. The average Bonchev–Trinajstić information content (AvgIpc) is 2.76. The average molecular weight is 531 g/mol. The van der Waals surface area contributed by atoms with Gasteiger partial charge in [-0.2, -0.15) is 0 Å². The van der Waals surface area contributed by atoms with E-state index in [-0.39, 0.29) is 24.0 Å². The maximum absolute atomic E-state index is 4.82. The number of hydrogen-bond donors (Lipinski definition) is 2. The molecule has 0 aromatic carbocycles. The van der Waals surface area contributed by atoms with E-state index in [0.29, 0.717) is 12.6 Å². The molecule has 30 heavy (non-hydrogen) atoms. The number of piperidine rings is 1. The van der Waals surface area contributed by atoms with Crippen LogP contribution in [0.1, 0.15) is 65.4 Å². The van der Waals surface area contributed by atoms with Crippen LogP contribution in [0.2, 0.25) is 0 Å². The molecule has 0 spiro atoms.